The lowest BCUT2D eigenvalue weighted by molar-refractivity contribution is 0.0943. The molecule has 0 N–H and O–H groups in total. The molecule has 0 fully saturated rings. The monoisotopic (exact) mass is 351 g/mol. The Hall–Kier alpha value is -1.16. The van der Waals surface area contributed by atoms with Crippen LogP contribution >= 0.6 is 27.5 Å². The molecule has 0 saturated carbocycles. The van der Waals surface area contributed by atoms with Gasteiger partial charge < -0.3 is 0 Å². The van der Waals surface area contributed by atoms with E-state index in [1.54, 1.807) is 24.3 Å². The fourth-order valence-corrected chi connectivity index (χ4v) is 2.32. The first-order valence-corrected chi connectivity index (χ1v) is 7.43. The molecule has 20 heavy (non-hydrogen) atoms. The number of carbonyl (C=O) groups is 1. The van der Waals surface area contributed by atoms with Gasteiger partial charge in [0.15, 0.2) is 5.78 Å². The maximum Gasteiger partial charge on any atom is 0.176 e. The highest BCUT2D eigenvalue weighted by molar-refractivity contribution is 9.10. The van der Waals surface area contributed by atoms with Crippen LogP contribution in [0.25, 0.3) is 0 Å². The first-order chi connectivity index (χ1) is 9.54. The highest BCUT2D eigenvalue weighted by Crippen LogP contribution is 2.13. The average molecular weight is 353 g/mol. The van der Waals surface area contributed by atoms with E-state index < -0.39 is 0 Å². The summed E-state index contributed by atoms with van der Waals surface area (Å²) in [7, 11) is 1.94. The molecule has 0 heterocycles. The van der Waals surface area contributed by atoms with Crippen molar-refractivity contribution in [2.75, 3.05) is 13.6 Å². The number of hydrogen-bond donors (Lipinski definition) is 0. The summed E-state index contributed by atoms with van der Waals surface area (Å²) in [5, 5.41) is 0.643. The highest BCUT2D eigenvalue weighted by Gasteiger charge is 2.09. The van der Waals surface area contributed by atoms with Gasteiger partial charge in [-0.25, -0.2) is 0 Å². The second kappa shape index (κ2) is 7.02. The minimum absolute atomic E-state index is 0.0984. The molecular weight excluding hydrogens is 338 g/mol. The summed E-state index contributed by atoms with van der Waals surface area (Å²) >= 11 is 9.23. The Morgan fingerprint density at radius 1 is 1.10 bits per heavy atom. The zero-order chi connectivity index (χ0) is 14.5. The van der Waals surface area contributed by atoms with Crippen molar-refractivity contribution in [3.05, 3.63) is 69.2 Å². The average Bonchev–Trinajstić information content (AvgIpc) is 2.42. The Morgan fingerprint density at radius 2 is 1.70 bits per heavy atom. The van der Waals surface area contributed by atoms with Crippen LogP contribution in [-0.4, -0.2) is 24.3 Å². The Labute approximate surface area is 132 Å². The molecule has 2 rings (SSSR count). The van der Waals surface area contributed by atoms with E-state index in [9.17, 15) is 4.79 Å². The number of rotatable bonds is 5. The minimum Gasteiger partial charge on any atom is -0.295 e. The van der Waals surface area contributed by atoms with Gasteiger partial charge in [0.05, 0.1) is 6.54 Å². The second-order valence-electron chi connectivity index (χ2n) is 4.73. The van der Waals surface area contributed by atoms with E-state index in [2.05, 4.69) is 15.9 Å². The molecule has 0 radical (unpaired) electrons. The number of nitrogens with zero attached hydrogens (tertiary/aromatic N) is 1. The summed E-state index contributed by atoms with van der Waals surface area (Å²) in [5.74, 6) is 0.0984. The molecule has 2 nitrogen and oxygen atoms in total. The van der Waals surface area contributed by atoms with Crippen LogP contribution in [0.15, 0.2) is 53.0 Å². The number of hydrogen-bond acceptors (Lipinski definition) is 2. The van der Waals surface area contributed by atoms with Crippen LogP contribution < -0.4 is 0 Å². The lowest BCUT2D eigenvalue weighted by Gasteiger charge is -2.16. The molecule has 0 atom stereocenters. The van der Waals surface area contributed by atoms with E-state index >= 15 is 0 Å². The van der Waals surface area contributed by atoms with Crippen molar-refractivity contribution in [3.63, 3.8) is 0 Å². The molecule has 0 aromatic heterocycles. The largest absolute Gasteiger partial charge is 0.295 e. The first-order valence-electron chi connectivity index (χ1n) is 6.26. The van der Waals surface area contributed by atoms with Gasteiger partial charge in [-0.2, -0.15) is 0 Å². The van der Waals surface area contributed by atoms with Gasteiger partial charge in [0.2, 0.25) is 0 Å². The summed E-state index contributed by atoms with van der Waals surface area (Å²) < 4.78 is 1.06. The third-order valence-corrected chi connectivity index (χ3v) is 3.73. The van der Waals surface area contributed by atoms with Gasteiger partial charge in [0.1, 0.15) is 0 Å². The maximum absolute atomic E-state index is 12.1. The van der Waals surface area contributed by atoms with Crippen molar-refractivity contribution in [3.8, 4) is 0 Å². The van der Waals surface area contributed by atoms with Crippen molar-refractivity contribution >= 4 is 33.3 Å². The maximum atomic E-state index is 12.1. The lowest BCUT2D eigenvalue weighted by atomic mass is 10.1. The van der Waals surface area contributed by atoms with Crippen molar-refractivity contribution < 1.29 is 4.79 Å². The van der Waals surface area contributed by atoms with Crippen LogP contribution in [0.4, 0.5) is 0 Å². The Balaban J connectivity index is 1.93. The molecule has 0 aliphatic heterocycles. The SMILES string of the molecule is CN(CC(=O)c1ccc(Cl)cc1)Cc1ccc(Br)cc1. The Kier molecular flexibility index (Phi) is 5.35. The van der Waals surface area contributed by atoms with Crippen LogP contribution in [0.3, 0.4) is 0 Å². The van der Waals surface area contributed by atoms with Crippen molar-refractivity contribution in [2.45, 2.75) is 6.54 Å². The number of likely N-dealkylation sites (N-methyl/N-ethyl adjacent to an activating group) is 1. The zero-order valence-corrected chi connectivity index (χ0v) is 13.5. The molecule has 0 aliphatic carbocycles. The Morgan fingerprint density at radius 3 is 2.30 bits per heavy atom. The fraction of sp³-hybridized carbons (Fsp3) is 0.188. The summed E-state index contributed by atoms with van der Waals surface area (Å²) in [6.07, 6.45) is 0. The molecule has 4 heteroatoms. The van der Waals surface area contributed by atoms with Crippen molar-refractivity contribution in [1.82, 2.24) is 4.90 Å². The molecule has 0 unspecified atom stereocenters. The van der Waals surface area contributed by atoms with Crippen LogP contribution in [-0.2, 0) is 6.54 Å². The van der Waals surface area contributed by atoms with E-state index in [4.69, 9.17) is 11.6 Å². The number of ketones is 1. The topological polar surface area (TPSA) is 20.3 Å². The number of Topliss-reactive ketones (excluding diaryl/α,β-unsaturated/α-hetero) is 1. The highest BCUT2D eigenvalue weighted by atomic mass is 79.9. The van der Waals surface area contributed by atoms with Crippen molar-refractivity contribution in [1.29, 1.82) is 0 Å². The number of carbonyl (C=O) groups excluding carboxylic acids is 1. The third kappa shape index (κ3) is 4.44. The van der Waals surface area contributed by atoms with E-state index in [0.717, 1.165) is 11.0 Å². The van der Waals surface area contributed by atoms with Gasteiger partial charge in [0.25, 0.3) is 0 Å². The molecule has 0 aliphatic rings. The van der Waals surface area contributed by atoms with E-state index in [-0.39, 0.29) is 5.78 Å². The molecule has 104 valence electrons. The second-order valence-corrected chi connectivity index (χ2v) is 6.08. The number of halogens is 2. The fourth-order valence-electron chi connectivity index (χ4n) is 1.93. The van der Waals surface area contributed by atoms with E-state index in [0.29, 0.717) is 17.1 Å². The predicted octanol–water partition coefficient (Wildman–Crippen LogP) is 4.42. The normalized spacial score (nSPS) is 10.8. The van der Waals surface area contributed by atoms with Crippen LogP contribution in [0.5, 0.6) is 0 Å². The van der Waals surface area contributed by atoms with Gasteiger partial charge in [-0.05, 0) is 49.0 Å². The van der Waals surface area contributed by atoms with Crippen LogP contribution in [0.2, 0.25) is 5.02 Å². The third-order valence-electron chi connectivity index (χ3n) is 2.95. The summed E-state index contributed by atoms with van der Waals surface area (Å²) in [6, 6.07) is 15.1. The van der Waals surface area contributed by atoms with Crippen LogP contribution in [0, 0.1) is 0 Å². The first kappa shape index (κ1) is 15.2. The molecule has 0 bridgehead atoms. The quantitative estimate of drug-likeness (QED) is 0.743. The zero-order valence-electron chi connectivity index (χ0n) is 11.1. The minimum atomic E-state index is 0.0984. The molecule has 2 aromatic rings. The predicted molar refractivity (Wildman–Crippen MR) is 86.3 cm³/mol. The summed E-state index contributed by atoms with van der Waals surface area (Å²) in [6.45, 7) is 1.13. The number of benzene rings is 2. The Bertz CT molecular complexity index is 580. The van der Waals surface area contributed by atoms with Gasteiger partial charge in [-0.1, -0.05) is 39.7 Å². The molecule has 0 spiro atoms. The lowest BCUT2D eigenvalue weighted by Crippen LogP contribution is -2.25. The smallest absolute Gasteiger partial charge is 0.176 e. The van der Waals surface area contributed by atoms with Crippen molar-refractivity contribution in [2.24, 2.45) is 0 Å². The molecular formula is C16H15BrClNO. The molecule has 0 saturated heterocycles. The van der Waals surface area contributed by atoms with Gasteiger partial charge >= 0.3 is 0 Å². The summed E-state index contributed by atoms with van der Waals surface area (Å²) in [5.41, 5.74) is 1.87. The molecule has 0 amide bonds. The van der Waals surface area contributed by atoms with Gasteiger partial charge in [0, 0.05) is 21.6 Å². The van der Waals surface area contributed by atoms with Gasteiger partial charge in [-0.3, -0.25) is 9.69 Å². The standard InChI is InChI=1S/C16H15BrClNO/c1-19(10-12-2-6-14(17)7-3-12)11-16(20)13-4-8-15(18)9-5-13/h2-9H,10-11H2,1H3. The van der Waals surface area contributed by atoms with Crippen LogP contribution in [0.1, 0.15) is 15.9 Å². The molecule has 2 aromatic carbocycles. The summed E-state index contributed by atoms with van der Waals surface area (Å²) in [4.78, 5) is 14.1. The van der Waals surface area contributed by atoms with Gasteiger partial charge in [-0.15, -0.1) is 0 Å². The van der Waals surface area contributed by atoms with E-state index in [1.807, 2.05) is 36.2 Å². The van der Waals surface area contributed by atoms with E-state index in [1.165, 1.54) is 5.56 Å².